The first-order valence-electron chi connectivity index (χ1n) is 6.99. The molecule has 0 radical (unpaired) electrons. The Morgan fingerprint density at radius 2 is 1.82 bits per heavy atom. The van der Waals surface area contributed by atoms with Crippen LogP contribution in [0.25, 0.3) is 5.69 Å². The van der Waals surface area contributed by atoms with Crippen LogP contribution in [0.3, 0.4) is 0 Å². The highest BCUT2D eigenvalue weighted by molar-refractivity contribution is 5.98. The van der Waals surface area contributed by atoms with Crippen molar-refractivity contribution in [3.05, 3.63) is 57.5 Å². The number of nitrogens with zero attached hydrogens (tertiary/aromatic N) is 2. The topological polar surface area (TPSA) is 89.3 Å². The molecule has 1 aromatic heterocycles. The maximum atomic E-state index is 12.3. The minimum Gasteiger partial charge on any atom is -0.476 e. The number of aromatic nitrogens is 2. The Balaban J connectivity index is 2.89. The van der Waals surface area contributed by atoms with Crippen molar-refractivity contribution in [1.82, 2.24) is 9.78 Å². The molecule has 114 valence electrons. The molecule has 0 fully saturated rings. The lowest BCUT2D eigenvalue weighted by molar-refractivity contribution is 0.0686. The zero-order valence-corrected chi connectivity index (χ0v) is 12.4. The molecule has 0 saturated carbocycles. The molecule has 0 amide bonds. The number of carboxylic acid groups (broad SMARTS) is 1. The lowest BCUT2D eigenvalue weighted by Gasteiger charge is -2.15. The zero-order valence-electron chi connectivity index (χ0n) is 12.4. The number of ketones is 1. The number of hydrogen-bond donors (Lipinski definition) is 1. The van der Waals surface area contributed by atoms with Crippen LogP contribution < -0.4 is 5.43 Å². The van der Waals surface area contributed by atoms with Gasteiger partial charge in [-0.2, -0.15) is 5.10 Å². The van der Waals surface area contributed by atoms with Crippen molar-refractivity contribution in [2.45, 2.75) is 26.7 Å². The number of benzene rings is 1. The summed E-state index contributed by atoms with van der Waals surface area (Å²) in [4.78, 5) is 35.7. The number of para-hydroxylation sites is 1. The number of Topliss-reactive ketones (excluding diaryl/α,β-unsaturated/α-hetero) is 1. The number of carbonyl (C=O) groups excluding carboxylic acids is 1. The van der Waals surface area contributed by atoms with Gasteiger partial charge in [-0.25, -0.2) is 9.48 Å². The largest absolute Gasteiger partial charge is 0.476 e. The summed E-state index contributed by atoms with van der Waals surface area (Å²) in [5.41, 5.74) is -0.512. The van der Waals surface area contributed by atoms with Gasteiger partial charge in [-0.1, -0.05) is 32.0 Å². The maximum absolute atomic E-state index is 12.3. The second kappa shape index (κ2) is 6.34. The van der Waals surface area contributed by atoms with Crippen LogP contribution in [0.1, 0.15) is 46.8 Å². The molecule has 6 heteroatoms. The average molecular weight is 300 g/mol. The van der Waals surface area contributed by atoms with E-state index in [1.165, 1.54) is 4.68 Å². The quantitative estimate of drug-likeness (QED) is 0.854. The van der Waals surface area contributed by atoms with Crippen molar-refractivity contribution >= 4 is 11.8 Å². The average Bonchev–Trinajstić information content (AvgIpc) is 2.53. The Bertz CT molecular complexity index is 779. The third-order valence-corrected chi connectivity index (χ3v) is 3.32. The maximum Gasteiger partial charge on any atom is 0.360 e. The third kappa shape index (κ3) is 2.67. The van der Waals surface area contributed by atoms with E-state index in [-0.39, 0.29) is 17.8 Å². The predicted molar refractivity (Wildman–Crippen MR) is 80.8 cm³/mol. The van der Waals surface area contributed by atoms with Crippen LogP contribution in [-0.2, 0) is 6.42 Å². The van der Waals surface area contributed by atoms with Crippen LogP contribution in [-0.4, -0.2) is 26.6 Å². The molecular weight excluding hydrogens is 284 g/mol. The Kier molecular flexibility index (Phi) is 4.50. The summed E-state index contributed by atoms with van der Waals surface area (Å²) >= 11 is 0. The number of carbonyl (C=O) groups is 2. The molecule has 1 N–H and O–H groups in total. The van der Waals surface area contributed by atoms with E-state index in [2.05, 4.69) is 5.10 Å². The Hall–Kier alpha value is -2.76. The second-order valence-corrected chi connectivity index (χ2v) is 4.68. The SMILES string of the molecule is CCC(=O)c1c(CC)n(-c2ccccc2)nc(C(=O)O)c1=O. The van der Waals surface area contributed by atoms with Crippen molar-refractivity contribution in [3.63, 3.8) is 0 Å². The molecule has 0 saturated heterocycles. The Labute approximate surface area is 127 Å². The fourth-order valence-electron chi connectivity index (χ4n) is 2.27. The molecule has 0 unspecified atom stereocenters. The molecule has 1 aromatic carbocycles. The molecule has 0 aliphatic carbocycles. The minimum atomic E-state index is -1.44. The highest BCUT2D eigenvalue weighted by Crippen LogP contribution is 2.14. The fraction of sp³-hybridized carbons (Fsp3) is 0.250. The van der Waals surface area contributed by atoms with Crippen molar-refractivity contribution in [1.29, 1.82) is 0 Å². The molecule has 0 aliphatic rings. The standard InChI is InChI=1S/C16H16N2O4/c1-3-11-13(12(19)4-2)15(20)14(16(21)22)17-18(11)10-8-6-5-7-9-10/h5-9H,3-4H2,1-2H3,(H,21,22). The fourth-order valence-corrected chi connectivity index (χ4v) is 2.27. The van der Waals surface area contributed by atoms with Gasteiger partial charge >= 0.3 is 5.97 Å². The van der Waals surface area contributed by atoms with E-state index in [4.69, 9.17) is 0 Å². The Morgan fingerprint density at radius 1 is 1.18 bits per heavy atom. The van der Waals surface area contributed by atoms with Gasteiger partial charge in [0.25, 0.3) is 0 Å². The van der Waals surface area contributed by atoms with Gasteiger partial charge in [0.1, 0.15) is 0 Å². The Morgan fingerprint density at radius 3 is 2.32 bits per heavy atom. The monoisotopic (exact) mass is 300 g/mol. The van der Waals surface area contributed by atoms with E-state index in [1.54, 1.807) is 38.1 Å². The third-order valence-electron chi connectivity index (χ3n) is 3.32. The normalized spacial score (nSPS) is 10.5. The first-order chi connectivity index (χ1) is 10.5. The van der Waals surface area contributed by atoms with E-state index in [9.17, 15) is 19.5 Å². The van der Waals surface area contributed by atoms with E-state index in [0.29, 0.717) is 17.8 Å². The minimum absolute atomic E-state index is 0.0822. The molecule has 22 heavy (non-hydrogen) atoms. The number of aromatic carboxylic acids is 1. The van der Waals surface area contributed by atoms with Crippen molar-refractivity contribution in [2.75, 3.05) is 0 Å². The summed E-state index contributed by atoms with van der Waals surface area (Å²) in [7, 11) is 0. The second-order valence-electron chi connectivity index (χ2n) is 4.68. The molecule has 0 spiro atoms. The highest BCUT2D eigenvalue weighted by Gasteiger charge is 2.24. The van der Waals surface area contributed by atoms with Crippen LogP contribution in [0, 0.1) is 0 Å². The van der Waals surface area contributed by atoms with Crippen LogP contribution >= 0.6 is 0 Å². The number of carboxylic acids is 1. The molecule has 1 heterocycles. The van der Waals surface area contributed by atoms with E-state index < -0.39 is 17.1 Å². The van der Waals surface area contributed by atoms with Gasteiger partial charge in [0.15, 0.2) is 5.78 Å². The van der Waals surface area contributed by atoms with Gasteiger partial charge in [0, 0.05) is 6.42 Å². The van der Waals surface area contributed by atoms with Crippen LogP contribution in [0.2, 0.25) is 0 Å². The molecular formula is C16H16N2O4. The summed E-state index contributed by atoms with van der Waals surface area (Å²) in [6.07, 6.45) is 0.512. The summed E-state index contributed by atoms with van der Waals surface area (Å²) in [5.74, 6) is -1.82. The van der Waals surface area contributed by atoms with Gasteiger partial charge in [-0.15, -0.1) is 0 Å². The zero-order chi connectivity index (χ0) is 16.3. The molecule has 0 bridgehead atoms. The highest BCUT2D eigenvalue weighted by atomic mass is 16.4. The molecule has 6 nitrogen and oxygen atoms in total. The molecule has 0 aliphatic heterocycles. The van der Waals surface area contributed by atoms with Crippen molar-refractivity contribution in [3.8, 4) is 5.69 Å². The number of hydrogen-bond acceptors (Lipinski definition) is 4. The summed E-state index contributed by atoms with van der Waals surface area (Å²) in [5, 5.41) is 13.1. The van der Waals surface area contributed by atoms with E-state index in [0.717, 1.165) is 0 Å². The number of rotatable bonds is 5. The van der Waals surface area contributed by atoms with Crippen molar-refractivity contribution < 1.29 is 14.7 Å². The molecule has 2 aromatic rings. The van der Waals surface area contributed by atoms with Crippen molar-refractivity contribution in [2.24, 2.45) is 0 Å². The van der Waals surface area contributed by atoms with Crippen LogP contribution in [0.5, 0.6) is 0 Å². The lowest BCUT2D eigenvalue weighted by Crippen LogP contribution is -2.30. The van der Waals surface area contributed by atoms with Gasteiger partial charge in [0.05, 0.1) is 16.9 Å². The predicted octanol–water partition coefficient (Wildman–Crippen LogP) is 2.09. The summed E-state index contributed by atoms with van der Waals surface area (Å²) < 4.78 is 1.37. The first kappa shape index (κ1) is 15.6. The van der Waals surface area contributed by atoms with Gasteiger partial charge < -0.3 is 5.11 Å². The molecule has 0 atom stereocenters. The van der Waals surface area contributed by atoms with Crippen LogP contribution in [0.15, 0.2) is 35.1 Å². The summed E-state index contributed by atoms with van der Waals surface area (Å²) in [6, 6.07) is 8.84. The van der Waals surface area contributed by atoms with Gasteiger partial charge in [-0.05, 0) is 18.6 Å². The smallest absolute Gasteiger partial charge is 0.360 e. The lowest BCUT2D eigenvalue weighted by atomic mass is 10.0. The van der Waals surface area contributed by atoms with Gasteiger partial charge in [0.2, 0.25) is 11.1 Å². The van der Waals surface area contributed by atoms with Gasteiger partial charge in [-0.3, -0.25) is 9.59 Å². The first-order valence-corrected chi connectivity index (χ1v) is 6.99. The molecule has 2 rings (SSSR count). The van der Waals surface area contributed by atoms with E-state index in [1.807, 2.05) is 6.07 Å². The van der Waals surface area contributed by atoms with Crippen LogP contribution in [0.4, 0.5) is 0 Å². The summed E-state index contributed by atoms with van der Waals surface area (Å²) in [6.45, 7) is 3.43. The van der Waals surface area contributed by atoms with E-state index >= 15 is 0 Å².